The quantitative estimate of drug-likeness (QED) is 0.305. The van der Waals surface area contributed by atoms with Gasteiger partial charge in [0, 0.05) is 11.9 Å². The van der Waals surface area contributed by atoms with Gasteiger partial charge in [0.25, 0.3) is 0 Å². The van der Waals surface area contributed by atoms with Gasteiger partial charge < -0.3 is 20.1 Å². The first-order valence-corrected chi connectivity index (χ1v) is 4.99. The first-order chi connectivity index (χ1) is 7.91. The summed E-state index contributed by atoms with van der Waals surface area (Å²) < 4.78 is 0. The summed E-state index contributed by atoms with van der Waals surface area (Å²) in [5.41, 5.74) is 0. The maximum absolute atomic E-state index is 10.7. The van der Waals surface area contributed by atoms with E-state index < -0.39 is 35.7 Å². The molecule has 0 amide bonds. The SMILES string of the molecule is N[NH3+].O=C([O-])C1C[C@@H](C(=O)O)C[C@@H](C(=O)O)C1. The van der Waals surface area contributed by atoms with Crippen molar-refractivity contribution in [2.45, 2.75) is 19.3 Å². The van der Waals surface area contributed by atoms with E-state index in [0.29, 0.717) is 0 Å². The summed E-state index contributed by atoms with van der Waals surface area (Å²) in [5, 5.41) is 28.1. The van der Waals surface area contributed by atoms with E-state index in [-0.39, 0.29) is 19.3 Å². The molecular formula is C9H16N2O6. The van der Waals surface area contributed by atoms with Crippen LogP contribution in [0.15, 0.2) is 0 Å². The van der Waals surface area contributed by atoms with Crippen LogP contribution in [0, 0.1) is 17.8 Å². The second kappa shape index (κ2) is 6.81. The molecule has 0 radical (unpaired) electrons. The number of rotatable bonds is 3. The summed E-state index contributed by atoms with van der Waals surface area (Å²) in [4.78, 5) is 32.0. The number of carboxylic acid groups (broad SMARTS) is 3. The summed E-state index contributed by atoms with van der Waals surface area (Å²) in [5.74, 6) is 0.568. The van der Waals surface area contributed by atoms with Gasteiger partial charge in [0.15, 0.2) is 0 Å². The number of carbonyl (C=O) groups is 3. The van der Waals surface area contributed by atoms with E-state index in [4.69, 9.17) is 10.2 Å². The van der Waals surface area contributed by atoms with E-state index >= 15 is 0 Å². The second-order valence-electron chi connectivity index (χ2n) is 3.79. The van der Waals surface area contributed by atoms with Crippen LogP contribution in [0.2, 0.25) is 0 Å². The Morgan fingerprint density at radius 1 is 0.941 bits per heavy atom. The predicted molar refractivity (Wildman–Crippen MR) is 51.7 cm³/mol. The van der Waals surface area contributed by atoms with Gasteiger partial charge in [0.1, 0.15) is 0 Å². The highest BCUT2D eigenvalue weighted by Crippen LogP contribution is 2.33. The van der Waals surface area contributed by atoms with Crippen molar-refractivity contribution in [1.82, 2.24) is 0 Å². The van der Waals surface area contributed by atoms with Crippen LogP contribution in [-0.2, 0) is 14.4 Å². The smallest absolute Gasteiger partial charge is 0.306 e. The number of aliphatic carboxylic acids is 3. The van der Waals surface area contributed by atoms with E-state index in [2.05, 4.69) is 11.7 Å². The summed E-state index contributed by atoms with van der Waals surface area (Å²) in [6.45, 7) is 0. The maximum atomic E-state index is 10.7. The van der Waals surface area contributed by atoms with Gasteiger partial charge in [-0.15, -0.1) is 0 Å². The van der Waals surface area contributed by atoms with Crippen molar-refractivity contribution in [3.63, 3.8) is 0 Å². The highest BCUT2D eigenvalue weighted by atomic mass is 16.4. The Balaban J connectivity index is 0.00000121. The Hall–Kier alpha value is -1.67. The zero-order chi connectivity index (χ0) is 13.6. The van der Waals surface area contributed by atoms with Crippen LogP contribution in [0.4, 0.5) is 0 Å². The molecule has 1 aliphatic carbocycles. The number of nitrogens with two attached hydrogens (primary N) is 1. The third-order valence-electron chi connectivity index (χ3n) is 2.74. The molecule has 1 unspecified atom stereocenters. The average molecular weight is 248 g/mol. The minimum atomic E-state index is -1.37. The van der Waals surface area contributed by atoms with Crippen LogP contribution in [0.3, 0.4) is 0 Å². The van der Waals surface area contributed by atoms with Gasteiger partial charge in [-0.3, -0.25) is 15.4 Å². The summed E-state index contributed by atoms with van der Waals surface area (Å²) in [7, 11) is 0. The Morgan fingerprint density at radius 2 is 1.24 bits per heavy atom. The molecule has 1 fully saturated rings. The molecule has 0 spiro atoms. The van der Waals surface area contributed by atoms with Gasteiger partial charge in [0.2, 0.25) is 0 Å². The molecule has 0 aromatic heterocycles. The number of quaternary nitrogens is 1. The molecule has 0 aromatic rings. The fourth-order valence-electron chi connectivity index (χ4n) is 1.91. The normalized spacial score (nSPS) is 27.5. The van der Waals surface area contributed by atoms with Gasteiger partial charge in [-0.05, 0) is 19.3 Å². The Bertz CT molecular complexity index is 252. The molecule has 0 saturated heterocycles. The molecule has 17 heavy (non-hydrogen) atoms. The number of carbonyl (C=O) groups excluding carboxylic acids is 1. The lowest BCUT2D eigenvalue weighted by atomic mass is 9.75. The number of hydrogen-bond donors (Lipinski definition) is 4. The highest BCUT2D eigenvalue weighted by Gasteiger charge is 2.36. The monoisotopic (exact) mass is 248 g/mol. The molecule has 8 heteroatoms. The van der Waals surface area contributed by atoms with Gasteiger partial charge in [-0.25, -0.2) is 0 Å². The van der Waals surface area contributed by atoms with Crippen molar-refractivity contribution < 1.29 is 35.5 Å². The standard InChI is InChI=1S/C9H12O6.H4N2/c10-7(11)4-1-5(8(12)13)3-6(2-4)9(14)15;1-2/h4-6H,1-3H2,(H,10,11)(H,12,13)(H,14,15);1-2H2. The summed E-state index contributed by atoms with van der Waals surface area (Å²) in [6.07, 6.45) is -0.0860. The molecule has 1 aliphatic rings. The van der Waals surface area contributed by atoms with E-state index in [1.165, 1.54) is 0 Å². The molecular weight excluding hydrogens is 232 g/mol. The van der Waals surface area contributed by atoms with E-state index in [9.17, 15) is 19.5 Å². The van der Waals surface area contributed by atoms with Crippen LogP contribution in [0.5, 0.6) is 0 Å². The van der Waals surface area contributed by atoms with E-state index in [0.717, 1.165) is 0 Å². The van der Waals surface area contributed by atoms with Gasteiger partial charge in [0.05, 0.1) is 11.8 Å². The van der Waals surface area contributed by atoms with Crippen molar-refractivity contribution in [3.8, 4) is 0 Å². The van der Waals surface area contributed by atoms with Crippen LogP contribution in [-0.4, -0.2) is 28.1 Å². The molecule has 0 bridgehead atoms. The Labute approximate surface area is 97.2 Å². The lowest BCUT2D eigenvalue weighted by molar-refractivity contribution is -0.379. The molecule has 1 saturated carbocycles. The van der Waals surface area contributed by atoms with Crippen molar-refractivity contribution in [2.24, 2.45) is 23.6 Å². The van der Waals surface area contributed by atoms with Crippen LogP contribution < -0.4 is 16.8 Å². The molecule has 98 valence electrons. The predicted octanol–water partition coefficient (Wildman–Crippen LogP) is -2.96. The minimum absolute atomic E-state index is 0.00551. The zero-order valence-electron chi connectivity index (χ0n) is 9.17. The Morgan fingerprint density at radius 3 is 1.47 bits per heavy atom. The molecule has 1 rings (SSSR count). The molecule has 0 heterocycles. The van der Waals surface area contributed by atoms with Crippen LogP contribution in [0.1, 0.15) is 19.3 Å². The van der Waals surface area contributed by atoms with Gasteiger partial charge in [-0.1, -0.05) is 0 Å². The highest BCUT2D eigenvalue weighted by molar-refractivity contribution is 5.77. The largest absolute Gasteiger partial charge is 0.550 e. The van der Waals surface area contributed by atoms with Crippen molar-refractivity contribution in [3.05, 3.63) is 0 Å². The maximum Gasteiger partial charge on any atom is 0.306 e. The second-order valence-corrected chi connectivity index (χ2v) is 3.79. The summed E-state index contributed by atoms with van der Waals surface area (Å²) in [6, 6.07) is 0. The molecule has 8 nitrogen and oxygen atoms in total. The topological polar surface area (TPSA) is 168 Å². The van der Waals surface area contributed by atoms with Gasteiger partial charge >= 0.3 is 11.9 Å². The molecule has 0 aliphatic heterocycles. The summed E-state index contributed by atoms with van der Waals surface area (Å²) >= 11 is 0. The molecule has 0 aromatic carbocycles. The first-order valence-electron chi connectivity index (χ1n) is 4.99. The van der Waals surface area contributed by atoms with Crippen molar-refractivity contribution in [2.75, 3.05) is 0 Å². The lowest BCUT2D eigenvalue weighted by Crippen LogP contribution is -2.59. The fourth-order valence-corrected chi connectivity index (χ4v) is 1.91. The lowest BCUT2D eigenvalue weighted by Gasteiger charge is -2.31. The van der Waals surface area contributed by atoms with Crippen molar-refractivity contribution >= 4 is 17.9 Å². The molecule has 3 atom stereocenters. The molecule has 7 N–H and O–H groups in total. The minimum Gasteiger partial charge on any atom is -0.550 e. The third kappa shape index (κ3) is 4.37. The fraction of sp³-hybridized carbons (Fsp3) is 0.667. The van der Waals surface area contributed by atoms with Crippen LogP contribution in [0.25, 0.3) is 0 Å². The van der Waals surface area contributed by atoms with Crippen LogP contribution >= 0.6 is 0 Å². The number of carboxylic acids is 3. The third-order valence-corrected chi connectivity index (χ3v) is 2.74. The van der Waals surface area contributed by atoms with E-state index in [1.54, 1.807) is 0 Å². The van der Waals surface area contributed by atoms with Crippen molar-refractivity contribution in [1.29, 1.82) is 0 Å². The first kappa shape index (κ1) is 15.3. The zero-order valence-corrected chi connectivity index (χ0v) is 9.17. The van der Waals surface area contributed by atoms with Gasteiger partial charge in [-0.2, -0.15) is 5.84 Å². The number of hydrogen-bond acceptors (Lipinski definition) is 5. The Kier molecular flexibility index (Phi) is 6.15. The average Bonchev–Trinajstić information content (AvgIpc) is 2.30. The van der Waals surface area contributed by atoms with E-state index in [1.807, 2.05) is 0 Å².